The molecule has 0 spiro atoms. The summed E-state index contributed by atoms with van der Waals surface area (Å²) in [7, 11) is 1.55. The molecule has 7 heteroatoms. The Morgan fingerprint density at radius 2 is 1.65 bits per heavy atom. The quantitative estimate of drug-likeness (QED) is 0.574. The van der Waals surface area contributed by atoms with E-state index in [2.05, 4.69) is 10.6 Å². The van der Waals surface area contributed by atoms with Gasteiger partial charge in [0.05, 0.1) is 25.3 Å². The second kappa shape index (κ2) is 10.2. The molecule has 174 valence electrons. The van der Waals surface area contributed by atoms with E-state index >= 15 is 0 Å². The summed E-state index contributed by atoms with van der Waals surface area (Å²) >= 11 is 0. The summed E-state index contributed by atoms with van der Waals surface area (Å²) in [5.41, 5.74) is 3.80. The number of para-hydroxylation sites is 2. The number of anilines is 2. The van der Waals surface area contributed by atoms with Gasteiger partial charge in [-0.3, -0.25) is 14.4 Å². The zero-order valence-electron chi connectivity index (χ0n) is 19.2. The Labute approximate surface area is 198 Å². The van der Waals surface area contributed by atoms with Crippen LogP contribution in [0.2, 0.25) is 0 Å². The molecule has 0 bridgehead atoms. The Hall–Kier alpha value is -4.13. The summed E-state index contributed by atoms with van der Waals surface area (Å²) < 4.78 is 5.26. The number of carbonyl (C=O) groups is 3. The number of ether oxygens (including phenoxy) is 1. The van der Waals surface area contributed by atoms with Crippen LogP contribution in [-0.4, -0.2) is 36.3 Å². The van der Waals surface area contributed by atoms with E-state index in [1.165, 1.54) is 12.5 Å². The monoisotopic (exact) mass is 457 g/mol. The normalized spacial score (nSPS) is 14.6. The van der Waals surface area contributed by atoms with Crippen molar-refractivity contribution in [2.75, 3.05) is 24.3 Å². The lowest BCUT2D eigenvalue weighted by atomic mass is 9.90. The van der Waals surface area contributed by atoms with E-state index in [1.54, 1.807) is 48.4 Å². The molecule has 1 atom stereocenters. The predicted molar refractivity (Wildman–Crippen MR) is 131 cm³/mol. The van der Waals surface area contributed by atoms with Gasteiger partial charge in [-0.25, -0.2) is 0 Å². The lowest BCUT2D eigenvalue weighted by molar-refractivity contribution is -0.132. The molecule has 0 radical (unpaired) electrons. The van der Waals surface area contributed by atoms with E-state index in [0.29, 0.717) is 29.2 Å². The molecule has 3 aromatic rings. The number of methoxy groups -OCH3 is 1. The van der Waals surface area contributed by atoms with E-state index in [0.717, 1.165) is 12.0 Å². The number of hydrogen-bond donors (Lipinski definition) is 2. The number of carbonyl (C=O) groups excluding carboxylic acids is 3. The Morgan fingerprint density at radius 3 is 2.38 bits per heavy atom. The molecule has 0 saturated carbocycles. The highest BCUT2D eigenvalue weighted by molar-refractivity contribution is 6.05. The van der Waals surface area contributed by atoms with Crippen molar-refractivity contribution in [3.05, 3.63) is 89.5 Å². The molecule has 0 aromatic heterocycles. The average molecular weight is 458 g/mol. The van der Waals surface area contributed by atoms with Crippen molar-refractivity contribution < 1.29 is 19.1 Å². The van der Waals surface area contributed by atoms with Crippen LogP contribution in [0.5, 0.6) is 5.75 Å². The zero-order valence-corrected chi connectivity index (χ0v) is 19.2. The van der Waals surface area contributed by atoms with Gasteiger partial charge in [-0.05, 0) is 53.9 Å². The first-order valence-electron chi connectivity index (χ1n) is 11.2. The minimum atomic E-state index is -0.298. The fraction of sp³-hybridized carbons (Fsp3) is 0.222. The van der Waals surface area contributed by atoms with Crippen LogP contribution in [0.3, 0.4) is 0 Å². The van der Waals surface area contributed by atoms with Crippen LogP contribution >= 0.6 is 0 Å². The number of fused-ring (bicyclic) bond motifs is 1. The first kappa shape index (κ1) is 23.0. The van der Waals surface area contributed by atoms with Crippen molar-refractivity contribution in [2.45, 2.75) is 25.8 Å². The lowest BCUT2D eigenvalue weighted by Crippen LogP contribution is -2.40. The van der Waals surface area contributed by atoms with Crippen molar-refractivity contribution in [1.82, 2.24) is 4.90 Å². The molecule has 1 aliphatic heterocycles. The Morgan fingerprint density at radius 1 is 0.941 bits per heavy atom. The standard InChI is InChI=1S/C27H27N3O4/c1-18(31)30-16-15-19-7-3-4-8-22(19)24(30)17-26(32)28-21-13-11-20(12-14-21)27(33)29-23-9-5-6-10-25(23)34-2/h3-14,24H,15-17H2,1-2H3,(H,28,32)(H,29,33). The maximum atomic E-state index is 12.8. The fourth-order valence-electron chi connectivity index (χ4n) is 4.28. The van der Waals surface area contributed by atoms with Crippen molar-refractivity contribution in [1.29, 1.82) is 0 Å². The molecular formula is C27H27N3O4. The molecule has 0 fully saturated rings. The van der Waals surface area contributed by atoms with Crippen LogP contribution in [0.4, 0.5) is 11.4 Å². The van der Waals surface area contributed by atoms with Gasteiger partial charge in [0.25, 0.3) is 5.91 Å². The maximum absolute atomic E-state index is 12.8. The van der Waals surface area contributed by atoms with Crippen molar-refractivity contribution in [3.8, 4) is 5.75 Å². The summed E-state index contributed by atoms with van der Waals surface area (Å²) in [6, 6.07) is 21.5. The van der Waals surface area contributed by atoms with Crippen LogP contribution in [0.25, 0.3) is 0 Å². The molecule has 3 aromatic carbocycles. The molecular weight excluding hydrogens is 430 g/mol. The highest BCUT2D eigenvalue weighted by Crippen LogP contribution is 2.32. The number of nitrogens with one attached hydrogen (secondary N) is 2. The van der Waals surface area contributed by atoms with E-state index in [1.807, 2.05) is 36.4 Å². The average Bonchev–Trinajstić information content (AvgIpc) is 2.84. The van der Waals surface area contributed by atoms with Crippen molar-refractivity contribution >= 4 is 29.1 Å². The Kier molecular flexibility index (Phi) is 6.92. The third-order valence-corrected chi connectivity index (χ3v) is 5.98. The van der Waals surface area contributed by atoms with Gasteiger partial charge in [-0.1, -0.05) is 36.4 Å². The van der Waals surface area contributed by atoms with Crippen LogP contribution in [0, 0.1) is 0 Å². The zero-order chi connectivity index (χ0) is 24.1. The van der Waals surface area contributed by atoms with Gasteiger partial charge in [0.15, 0.2) is 0 Å². The first-order chi connectivity index (χ1) is 16.5. The van der Waals surface area contributed by atoms with E-state index < -0.39 is 0 Å². The van der Waals surface area contributed by atoms with E-state index in [-0.39, 0.29) is 30.2 Å². The molecule has 2 N–H and O–H groups in total. The highest BCUT2D eigenvalue weighted by atomic mass is 16.5. The van der Waals surface area contributed by atoms with Gasteiger partial charge in [0.2, 0.25) is 11.8 Å². The number of benzene rings is 3. The molecule has 1 unspecified atom stereocenters. The van der Waals surface area contributed by atoms with Crippen LogP contribution in [0.15, 0.2) is 72.8 Å². The molecule has 0 aliphatic carbocycles. The third-order valence-electron chi connectivity index (χ3n) is 5.98. The van der Waals surface area contributed by atoms with E-state index in [4.69, 9.17) is 4.74 Å². The van der Waals surface area contributed by atoms with Crippen molar-refractivity contribution in [2.24, 2.45) is 0 Å². The highest BCUT2D eigenvalue weighted by Gasteiger charge is 2.30. The lowest BCUT2D eigenvalue weighted by Gasteiger charge is -2.36. The molecule has 0 saturated heterocycles. The number of rotatable bonds is 6. The number of amides is 3. The van der Waals surface area contributed by atoms with Gasteiger partial charge in [-0.15, -0.1) is 0 Å². The third kappa shape index (κ3) is 5.09. The second-order valence-electron chi connectivity index (χ2n) is 8.16. The second-order valence-corrected chi connectivity index (χ2v) is 8.16. The number of hydrogen-bond acceptors (Lipinski definition) is 4. The maximum Gasteiger partial charge on any atom is 0.255 e. The fourth-order valence-corrected chi connectivity index (χ4v) is 4.28. The summed E-state index contributed by atoms with van der Waals surface area (Å²) in [6.45, 7) is 2.13. The van der Waals surface area contributed by atoms with Gasteiger partial charge in [-0.2, -0.15) is 0 Å². The topological polar surface area (TPSA) is 87.7 Å². The van der Waals surface area contributed by atoms with Crippen LogP contribution < -0.4 is 15.4 Å². The Balaban J connectivity index is 1.42. The molecule has 1 heterocycles. The molecule has 4 rings (SSSR count). The molecule has 7 nitrogen and oxygen atoms in total. The summed E-state index contributed by atoms with van der Waals surface area (Å²) in [5, 5.41) is 5.71. The molecule has 3 amide bonds. The Bertz CT molecular complexity index is 1210. The summed E-state index contributed by atoms with van der Waals surface area (Å²) in [5.74, 6) is 0.0544. The minimum absolute atomic E-state index is 0.0438. The number of nitrogens with zero attached hydrogens (tertiary/aromatic N) is 1. The van der Waals surface area contributed by atoms with Gasteiger partial charge >= 0.3 is 0 Å². The van der Waals surface area contributed by atoms with E-state index in [9.17, 15) is 14.4 Å². The first-order valence-corrected chi connectivity index (χ1v) is 11.2. The van der Waals surface area contributed by atoms with Crippen molar-refractivity contribution in [3.63, 3.8) is 0 Å². The van der Waals surface area contributed by atoms with Crippen LogP contribution in [-0.2, 0) is 16.0 Å². The minimum Gasteiger partial charge on any atom is -0.495 e. The van der Waals surface area contributed by atoms with Gasteiger partial charge < -0.3 is 20.3 Å². The summed E-state index contributed by atoms with van der Waals surface area (Å²) in [4.78, 5) is 39.4. The molecule has 1 aliphatic rings. The SMILES string of the molecule is COc1ccccc1NC(=O)c1ccc(NC(=O)CC2c3ccccc3CCN2C(C)=O)cc1. The molecule has 34 heavy (non-hydrogen) atoms. The van der Waals surface area contributed by atoms with Gasteiger partial charge in [0.1, 0.15) is 5.75 Å². The van der Waals surface area contributed by atoms with Gasteiger partial charge in [0, 0.05) is 24.7 Å². The predicted octanol–water partition coefficient (Wildman–Crippen LogP) is 4.42. The summed E-state index contributed by atoms with van der Waals surface area (Å²) in [6.07, 6.45) is 0.943. The van der Waals surface area contributed by atoms with Crippen LogP contribution in [0.1, 0.15) is 40.9 Å². The largest absolute Gasteiger partial charge is 0.495 e. The smallest absolute Gasteiger partial charge is 0.255 e.